The van der Waals surface area contributed by atoms with Crippen LogP contribution in [0.2, 0.25) is 0 Å². The van der Waals surface area contributed by atoms with Crippen LogP contribution < -0.4 is 5.73 Å². The van der Waals surface area contributed by atoms with Crippen LogP contribution in [-0.4, -0.2) is 24.5 Å². The predicted molar refractivity (Wildman–Crippen MR) is 91.5 cm³/mol. The highest BCUT2D eigenvalue weighted by Gasteiger charge is 2.22. The number of piperidine rings is 1. The van der Waals surface area contributed by atoms with Gasteiger partial charge in [-0.3, -0.25) is 0 Å². The van der Waals surface area contributed by atoms with Crippen molar-refractivity contribution in [2.45, 2.75) is 52.5 Å². The van der Waals surface area contributed by atoms with Crippen LogP contribution >= 0.6 is 0 Å². The molecule has 1 aliphatic heterocycles. The fraction of sp³-hybridized carbons (Fsp3) is 0.684. The summed E-state index contributed by atoms with van der Waals surface area (Å²) in [5.41, 5.74) is 9.07. The minimum Gasteiger partial charge on any atom is -0.323 e. The zero-order valence-electron chi connectivity index (χ0n) is 14.2. The lowest BCUT2D eigenvalue weighted by molar-refractivity contribution is 0.151. The lowest BCUT2D eigenvalue weighted by atomic mass is 9.86. The summed E-state index contributed by atoms with van der Waals surface area (Å²) in [6, 6.07) is 9.01. The number of likely N-dealkylation sites (tertiary alicyclic amines) is 1. The quantitative estimate of drug-likeness (QED) is 0.880. The fourth-order valence-corrected chi connectivity index (χ4v) is 3.31. The second-order valence-corrected chi connectivity index (χ2v) is 7.31. The second-order valence-electron chi connectivity index (χ2n) is 7.31. The summed E-state index contributed by atoms with van der Waals surface area (Å²) < 4.78 is 0. The lowest BCUT2D eigenvalue weighted by Gasteiger charge is -2.35. The third-order valence-corrected chi connectivity index (χ3v) is 5.06. The Hall–Kier alpha value is -0.860. The van der Waals surface area contributed by atoms with Crippen LogP contribution in [0.25, 0.3) is 0 Å². The van der Waals surface area contributed by atoms with E-state index in [1.54, 1.807) is 0 Å². The van der Waals surface area contributed by atoms with Crippen LogP contribution in [0.1, 0.15) is 63.6 Å². The Morgan fingerprint density at radius 2 is 1.52 bits per heavy atom. The van der Waals surface area contributed by atoms with Gasteiger partial charge >= 0.3 is 0 Å². The van der Waals surface area contributed by atoms with Gasteiger partial charge in [0.2, 0.25) is 0 Å². The molecule has 0 spiro atoms. The molecule has 1 aliphatic rings. The van der Waals surface area contributed by atoms with Crippen LogP contribution in [0.5, 0.6) is 0 Å². The molecule has 2 rings (SSSR count). The molecule has 1 aromatic rings. The van der Waals surface area contributed by atoms with Crippen molar-refractivity contribution >= 4 is 0 Å². The zero-order chi connectivity index (χ0) is 15.4. The van der Waals surface area contributed by atoms with E-state index in [4.69, 9.17) is 5.73 Å². The van der Waals surface area contributed by atoms with E-state index in [9.17, 15) is 0 Å². The van der Waals surface area contributed by atoms with Crippen LogP contribution in [0.15, 0.2) is 24.3 Å². The van der Waals surface area contributed by atoms with E-state index in [1.807, 2.05) is 0 Å². The minimum absolute atomic E-state index is 0.141. The van der Waals surface area contributed by atoms with Crippen molar-refractivity contribution in [1.82, 2.24) is 4.90 Å². The normalized spacial score (nSPS) is 19.4. The number of rotatable bonds is 5. The monoisotopic (exact) mass is 288 g/mol. The molecule has 118 valence electrons. The Morgan fingerprint density at radius 1 is 1.00 bits per heavy atom. The Morgan fingerprint density at radius 3 is 2.00 bits per heavy atom. The van der Waals surface area contributed by atoms with Crippen molar-refractivity contribution in [1.29, 1.82) is 0 Å². The van der Waals surface area contributed by atoms with Crippen molar-refractivity contribution in [2.24, 2.45) is 17.6 Å². The van der Waals surface area contributed by atoms with E-state index < -0.39 is 0 Å². The number of nitrogens with two attached hydrogens (primary N) is 1. The van der Waals surface area contributed by atoms with Crippen molar-refractivity contribution < 1.29 is 0 Å². The van der Waals surface area contributed by atoms with E-state index in [-0.39, 0.29) is 6.04 Å². The molecule has 1 atom stereocenters. The first-order chi connectivity index (χ1) is 9.97. The van der Waals surface area contributed by atoms with Gasteiger partial charge in [0.25, 0.3) is 0 Å². The molecule has 2 nitrogen and oxygen atoms in total. The molecule has 0 radical (unpaired) electrons. The first-order valence-corrected chi connectivity index (χ1v) is 8.55. The molecule has 1 fully saturated rings. The number of hydrogen-bond acceptors (Lipinski definition) is 2. The topological polar surface area (TPSA) is 29.3 Å². The summed E-state index contributed by atoms with van der Waals surface area (Å²) in [7, 11) is 0. The Bertz CT molecular complexity index is 414. The van der Waals surface area contributed by atoms with Gasteiger partial charge in [-0.05, 0) is 54.8 Å². The average Bonchev–Trinajstić information content (AvgIpc) is 2.47. The van der Waals surface area contributed by atoms with Gasteiger partial charge in [0.15, 0.2) is 0 Å². The molecule has 2 heteroatoms. The van der Waals surface area contributed by atoms with E-state index in [1.165, 1.54) is 37.1 Å². The molecule has 1 heterocycles. The number of nitrogens with zero attached hydrogens (tertiary/aromatic N) is 1. The highest BCUT2D eigenvalue weighted by molar-refractivity contribution is 5.26. The third kappa shape index (κ3) is 4.55. The van der Waals surface area contributed by atoms with Crippen LogP contribution in [0.3, 0.4) is 0 Å². The van der Waals surface area contributed by atoms with Gasteiger partial charge in [-0.15, -0.1) is 0 Å². The standard InChI is InChI=1S/C19H32N2/c1-14(2)16-5-7-18(8-6-16)19(20)13-21-11-9-17(10-12-21)15(3)4/h5-8,14-15,17,19H,9-13,20H2,1-4H3. The molecule has 21 heavy (non-hydrogen) atoms. The number of benzene rings is 1. The molecule has 0 saturated carbocycles. The molecule has 0 aromatic heterocycles. The van der Waals surface area contributed by atoms with Crippen molar-refractivity contribution in [3.8, 4) is 0 Å². The molecule has 1 unspecified atom stereocenters. The second kappa shape index (κ2) is 7.42. The van der Waals surface area contributed by atoms with E-state index >= 15 is 0 Å². The summed E-state index contributed by atoms with van der Waals surface area (Å²) in [4.78, 5) is 2.54. The van der Waals surface area contributed by atoms with Gasteiger partial charge in [-0.2, -0.15) is 0 Å². The average molecular weight is 288 g/mol. The van der Waals surface area contributed by atoms with Crippen molar-refractivity contribution in [2.75, 3.05) is 19.6 Å². The first kappa shape index (κ1) is 16.5. The molecule has 2 N–H and O–H groups in total. The third-order valence-electron chi connectivity index (χ3n) is 5.06. The maximum Gasteiger partial charge on any atom is 0.0424 e. The summed E-state index contributed by atoms with van der Waals surface area (Å²) in [6.45, 7) is 12.6. The number of hydrogen-bond donors (Lipinski definition) is 1. The summed E-state index contributed by atoms with van der Waals surface area (Å²) in [5, 5.41) is 0. The van der Waals surface area contributed by atoms with E-state index in [2.05, 4.69) is 56.9 Å². The maximum absolute atomic E-state index is 6.40. The molecule has 1 aromatic carbocycles. The fourth-order valence-electron chi connectivity index (χ4n) is 3.31. The van der Waals surface area contributed by atoms with Gasteiger partial charge in [-0.1, -0.05) is 52.0 Å². The summed E-state index contributed by atoms with van der Waals surface area (Å²) in [6.07, 6.45) is 2.66. The van der Waals surface area contributed by atoms with Gasteiger partial charge in [0, 0.05) is 12.6 Å². The lowest BCUT2D eigenvalue weighted by Crippen LogP contribution is -2.39. The smallest absolute Gasteiger partial charge is 0.0424 e. The molecular formula is C19H32N2. The van der Waals surface area contributed by atoms with Crippen molar-refractivity contribution in [3.05, 3.63) is 35.4 Å². The van der Waals surface area contributed by atoms with E-state index in [0.29, 0.717) is 5.92 Å². The molecule has 0 aliphatic carbocycles. The molecular weight excluding hydrogens is 256 g/mol. The predicted octanol–water partition coefficient (Wildman–Crippen LogP) is 4.18. The molecule has 1 saturated heterocycles. The van der Waals surface area contributed by atoms with Gasteiger partial charge in [-0.25, -0.2) is 0 Å². The Labute approximate surface area is 130 Å². The highest BCUT2D eigenvalue weighted by atomic mass is 15.1. The first-order valence-electron chi connectivity index (χ1n) is 8.55. The molecule has 0 bridgehead atoms. The minimum atomic E-state index is 0.141. The largest absolute Gasteiger partial charge is 0.323 e. The summed E-state index contributed by atoms with van der Waals surface area (Å²) in [5.74, 6) is 2.32. The molecule has 0 amide bonds. The highest BCUT2D eigenvalue weighted by Crippen LogP contribution is 2.25. The Balaban J connectivity index is 1.86. The van der Waals surface area contributed by atoms with E-state index in [0.717, 1.165) is 18.4 Å². The van der Waals surface area contributed by atoms with Crippen molar-refractivity contribution in [3.63, 3.8) is 0 Å². The van der Waals surface area contributed by atoms with Crippen LogP contribution in [0, 0.1) is 11.8 Å². The van der Waals surface area contributed by atoms with Gasteiger partial charge in [0.1, 0.15) is 0 Å². The van der Waals surface area contributed by atoms with Crippen LogP contribution in [-0.2, 0) is 0 Å². The maximum atomic E-state index is 6.40. The van der Waals surface area contributed by atoms with Gasteiger partial charge < -0.3 is 10.6 Å². The van der Waals surface area contributed by atoms with Crippen LogP contribution in [0.4, 0.5) is 0 Å². The summed E-state index contributed by atoms with van der Waals surface area (Å²) >= 11 is 0. The SMILES string of the molecule is CC(C)c1ccc(C(N)CN2CCC(C(C)C)CC2)cc1. The van der Waals surface area contributed by atoms with Gasteiger partial charge in [0.05, 0.1) is 0 Å². The zero-order valence-corrected chi connectivity index (χ0v) is 14.2. The Kier molecular flexibility index (Phi) is 5.83.